The quantitative estimate of drug-likeness (QED) is 0.0273. The number of carbonyl (C=O) groups excluding carboxylic acids is 1. The van der Waals surface area contributed by atoms with E-state index in [4.69, 9.17) is 9.05 Å². The second kappa shape index (κ2) is 45.4. The minimum absolute atomic E-state index is 0.0126. The molecule has 8 nitrogen and oxygen atoms in total. The van der Waals surface area contributed by atoms with Crippen LogP contribution in [0.3, 0.4) is 0 Å². The standard InChI is InChI=1S/C54H101N2O6P/c1-6-8-10-12-14-16-18-20-22-24-26-27-28-29-30-31-33-35-37-39-41-43-45-47-53(57)52(51-62-63(59,60)61-50-49-56(3,4)5)55-54(58)48-46-44-42-40-38-36-34-32-25-23-21-19-17-15-13-11-9-7-2/h17,19,23,25,30-31,37,39,45,47,52-53,57H,6-16,18,20-22,24,26-29,32-36,38,40-44,46,48-51H2,1-5H3,(H-,55,58,59,60)/b19-17-,25-23-,31-30+,39-37+,47-45+. The van der Waals surface area contributed by atoms with Crippen LogP contribution in [0.4, 0.5) is 0 Å². The molecule has 0 heterocycles. The minimum Gasteiger partial charge on any atom is -0.756 e. The van der Waals surface area contributed by atoms with Gasteiger partial charge in [0, 0.05) is 6.42 Å². The summed E-state index contributed by atoms with van der Waals surface area (Å²) in [6, 6.07) is -0.916. The molecule has 0 saturated carbocycles. The van der Waals surface area contributed by atoms with Crippen LogP contribution in [0.1, 0.15) is 226 Å². The van der Waals surface area contributed by atoms with Gasteiger partial charge in [-0.15, -0.1) is 0 Å². The molecule has 0 aliphatic heterocycles. The molecule has 0 aromatic heterocycles. The third-order valence-electron chi connectivity index (χ3n) is 11.4. The highest BCUT2D eigenvalue weighted by Crippen LogP contribution is 2.38. The summed E-state index contributed by atoms with van der Waals surface area (Å²) >= 11 is 0. The molecule has 3 unspecified atom stereocenters. The van der Waals surface area contributed by atoms with Gasteiger partial charge < -0.3 is 28.8 Å². The van der Waals surface area contributed by atoms with E-state index in [1.165, 1.54) is 141 Å². The normalized spacial score (nSPS) is 14.6. The molecule has 1 amide bonds. The number of hydrogen-bond acceptors (Lipinski definition) is 6. The monoisotopic (exact) mass is 905 g/mol. The molecule has 2 N–H and O–H groups in total. The first-order valence-electron chi connectivity index (χ1n) is 26.2. The second-order valence-electron chi connectivity index (χ2n) is 18.9. The number of aliphatic hydroxyl groups is 1. The maximum Gasteiger partial charge on any atom is 0.268 e. The number of likely N-dealkylation sites (N-methyl/N-ethyl adjacent to an activating group) is 1. The summed E-state index contributed by atoms with van der Waals surface area (Å²) in [5.41, 5.74) is 0. The van der Waals surface area contributed by atoms with Gasteiger partial charge in [0.1, 0.15) is 13.2 Å². The van der Waals surface area contributed by atoms with E-state index in [-0.39, 0.29) is 12.5 Å². The molecule has 0 aromatic carbocycles. The summed E-state index contributed by atoms with van der Waals surface area (Å²) < 4.78 is 23.3. The average molecular weight is 905 g/mol. The van der Waals surface area contributed by atoms with Crippen molar-refractivity contribution in [3.05, 3.63) is 60.8 Å². The van der Waals surface area contributed by atoms with E-state index in [0.717, 1.165) is 64.2 Å². The van der Waals surface area contributed by atoms with E-state index in [9.17, 15) is 19.4 Å². The first kappa shape index (κ1) is 61.2. The van der Waals surface area contributed by atoms with E-state index < -0.39 is 26.6 Å². The van der Waals surface area contributed by atoms with Crippen molar-refractivity contribution in [2.45, 2.75) is 238 Å². The van der Waals surface area contributed by atoms with Gasteiger partial charge in [-0.25, -0.2) is 0 Å². The first-order valence-corrected chi connectivity index (χ1v) is 27.6. The van der Waals surface area contributed by atoms with Gasteiger partial charge in [-0.1, -0.05) is 203 Å². The van der Waals surface area contributed by atoms with Crippen LogP contribution in [-0.4, -0.2) is 68.5 Å². The first-order chi connectivity index (χ1) is 30.5. The number of phosphoric ester groups is 1. The third kappa shape index (κ3) is 48.0. The van der Waals surface area contributed by atoms with Gasteiger partial charge in [0.2, 0.25) is 5.91 Å². The van der Waals surface area contributed by atoms with Crippen LogP contribution in [0.25, 0.3) is 0 Å². The Bertz CT molecular complexity index is 1210. The highest BCUT2D eigenvalue weighted by molar-refractivity contribution is 7.45. The number of amides is 1. The molecule has 0 fully saturated rings. The van der Waals surface area contributed by atoms with Gasteiger partial charge in [-0.3, -0.25) is 9.36 Å². The van der Waals surface area contributed by atoms with Crippen LogP contribution < -0.4 is 10.2 Å². The summed E-state index contributed by atoms with van der Waals surface area (Å²) in [6.07, 6.45) is 60.0. The maximum absolute atomic E-state index is 12.9. The SMILES string of the molecule is CCCCCC/C=C\C/C=C\CCCCCCCCCC(=O)NC(COP(=O)([O-])OCC[N+](C)(C)C)C(O)/C=C/CC/C=C/CC/C=C/CCCCCCCCCCCCCCC. The molecule has 63 heavy (non-hydrogen) atoms. The number of phosphoric acid groups is 1. The molecule has 0 aromatic rings. The van der Waals surface area contributed by atoms with Crippen LogP contribution in [-0.2, 0) is 18.4 Å². The van der Waals surface area contributed by atoms with E-state index in [1.807, 2.05) is 27.2 Å². The lowest BCUT2D eigenvalue weighted by Crippen LogP contribution is -2.45. The lowest BCUT2D eigenvalue weighted by molar-refractivity contribution is -0.870. The van der Waals surface area contributed by atoms with Crippen molar-refractivity contribution in [3.8, 4) is 0 Å². The maximum atomic E-state index is 12.9. The molecule has 368 valence electrons. The number of nitrogens with one attached hydrogen (secondary N) is 1. The van der Waals surface area contributed by atoms with E-state index in [2.05, 4.69) is 67.8 Å². The lowest BCUT2D eigenvalue weighted by Gasteiger charge is -2.29. The Balaban J connectivity index is 4.40. The number of hydrogen-bond donors (Lipinski definition) is 2. The molecular formula is C54H101N2O6P. The number of carbonyl (C=O) groups is 1. The number of nitrogens with zero attached hydrogens (tertiary/aromatic N) is 1. The van der Waals surface area contributed by atoms with Crippen molar-refractivity contribution in [2.24, 2.45) is 0 Å². The molecule has 0 saturated heterocycles. The molecule has 3 atom stereocenters. The predicted molar refractivity (Wildman–Crippen MR) is 270 cm³/mol. The van der Waals surface area contributed by atoms with Gasteiger partial charge >= 0.3 is 0 Å². The smallest absolute Gasteiger partial charge is 0.268 e. The molecular weight excluding hydrogens is 804 g/mol. The number of rotatable bonds is 47. The average Bonchev–Trinajstić information content (AvgIpc) is 3.24. The molecule has 0 radical (unpaired) electrons. The fourth-order valence-electron chi connectivity index (χ4n) is 7.27. The topological polar surface area (TPSA) is 108 Å². The van der Waals surface area contributed by atoms with E-state index in [0.29, 0.717) is 17.4 Å². The zero-order valence-electron chi connectivity index (χ0n) is 41.8. The fraction of sp³-hybridized carbons (Fsp3) is 0.796. The van der Waals surface area contributed by atoms with Crippen LogP contribution in [0.5, 0.6) is 0 Å². The zero-order chi connectivity index (χ0) is 46.4. The van der Waals surface area contributed by atoms with E-state index >= 15 is 0 Å². The molecule has 0 rings (SSSR count). The van der Waals surface area contributed by atoms with Crippen LogP contribution in [0.15, 0.2) is 60.8 Å². The number of unbranched alkanes of at least 4 members (excludes halogenated alkanes) is 26. The molecule has 0 aliphatic rings. The summed E-state index contributed by atoms with van der Waals surface area (Å²) in [5, 5.41) is 13.8. The van der Waals surface area contributed by atoms with Gasteiger partial charge in [-0.2, -0.15) is 0 Å². The van der Waals surface area contributed by atoms with Crippen molar-refractivity contribution in [1.82, 2.24) is 5.32 Å². The van der Waals surface area contributed by atoms with Gasteiger partial charge in [-0.05, 0) is 77.0 Å². The number of quaternary nitrogens is 1. The van der Waals surface area contributed by atoms with E-state index in [1.54, 1.807) is 6.08 Å². The molecule has 0 aliphatic carbocycles. The van der Waals surface area contributed by atoms with Crippen LogP contribution in [0, 0.1) is 0 Å². The molecule has 0 bridgehead atoms. The number of aliphatic hydroxyl groups excluding tert-OH is 1. The van der Waals surface area contributed by atoms with Crippen molar-refractivity contribution < 1.29 is 32.9 Å². The summed E-state index contributed by atoms with van der Waals surface area (Å²) in [4.78, 5) is 25.4. The Labute approximate surface area is 390 Å². The van der Waals surface area contributed by atoms with Crippen LogP contribution >= 0.6 is 7.82 Å². The van der Waals surface area contributed by atoms with Gasteiger partial charge in [0.15, 0.2) is 0 Å². The highest BCUT2D eigenvalue weighted by Gasteiger charge is 2.23. The summed E-state index contributed by atoms with van der Waals surface area (Å²) in [7, 11) is 1.23. The lowest BCUT2D eigenvalue weighted by atomic mass is 10.0. The van der Waals surface area contributed by atoms with Gasteiger partial charge in [0.05, 0.1) is 39.9 Å². The Morgan fingerprint density at radius 1 is 0.556 bits per heavy atom. The Morgan fingerprint density at radius 3 is 1.40 bits per heavy atom. The Hall–Kier alpha value is -1.80. The fourth-order valence-corrected chi connectivity index (χ4v) is 8.00. The Morgan fingerprint density at radius 2 is 0.937 bits per heavy atom. The van der Waals surface area contributed by atoms with Crippen molar-refractivity contribution >= 4 is 13.7 Å². The zero-order valence-corrected chi connectivity index (χ0v) is 42.7. The van der Waals surface area contributed by atoms with Crippen LogP contribution in [0.2, 0.25) is 0 Å². The molecule has 9 heteroatoms. The van der Waals surface area contributed by atoms with Gasteiger partial charge in [0.25, 0.3) is 7.82 Å². The summed E-state index contributed by atoms with van der Waals surface area (Å²) in [6.45, 7) is 4.60. The summed E-state index contributed by atoms with van der Waals surface area (Å²) in [5.74, 6) is -0.220. The highest BCUT2D eigenvalue weighted by atomic mass is 31.2. The Kier molecular flexibility index (Phi) is 44.1. The van der Waals surface area contributed by atoms with Crippen molar-refractivity contribution in [1.29, 1.82) is 0 Å². The second-order valence-corrected chi connectivity index (χ2v) is 20.3. The largest absolute Gasteiger partial charge is 0.756 e. The number of allylic oxidation sites excluding steroid dienone is 9. The molecule has 0 spiro atoms. The third-order valence-corrected chi connectivity index (χ3v) is 12.4. The minimum atomic E-state index is -4.61. The van der Waals surface area contributed by atoms with Crippen molar-refractivity contribution in [3.63, 3.8) is 0 Å². The predicted octanol–water partition coefficient (Wildman–Crippen LogP) is 14.7. The van der Waals surface area contributed by atoms with Crippen molar-refractivity contribution in [2.75, 3.05) is 40.9 Å².